The van der Waals surface area contributed by atoms with Crippen molar-refractivity contribution in [2.45, 2.75) is 26.8 Å². The molecular formula is C25H22FN3O3. The zero-order valence-corrected chi connectivity index (χ0v) is 17.7. The van der Waals surface area contributed by atoms with E-state index in [1.54, 1.807) is 42.8 Å². The van der Waals surface area contributed by atoms with Crippen LogP contribution in [0.5, 0.6) is 0 Å². The second-order valence-electron chi connectivity index (χ2n) is 7.70. The highest BCUT2D eigenvalue weighted by Crippen LogP contribution is 2.21. The summed E-state index contributed by atoms with van der Waals surface area (Å²) >= 11 is 0. The van der Waals surface area contributed by atoms with Gasteiger partial charge in [0.05, 0.1) is 18.7 Å². The molecule has 1 aromatic heterocycles. The fraction of sp³-hybridized carbons (Fsp3) is 0.160. The van der Waals surface area contributed by atoms with Crippen molar-refractivity contribution in [2.75, 3.05) is 5.32 Å². The largest absolute Gasteiger partial charge is 0.481 e. The quantitative estimate of drug-likeness (QED) is 0.463. The normalized spacial score (nSPS) is 11.0. The van der Waals surface area contributed by atoms with Gasteiger partial charge in [-0.2, -0.15) is 5.10 Å². The molecular weight excluding hydrogens is 409 g/mol. The van der Waals surface area contributed by atoms with Gasteiger partial charge in [0.15, 0.2) is 0 Å². The molecule has 0 saturated carbocycles. The summed E-state index contributed by atoms with van der Waals surface area (Å²) in [6, 6.07) is 17.7. The molecule has 4 aromatic rings. The average Bonchev–Trinajstić information content (AvgIpc) is 3.02. The molecule has 0 fully saturated rings. The van der Waals surface area contributed by atoms with Crippen LogP contribution in [0.3, 0.4) is 0 Å². The van der Waals surface area contributed by atoms with Gasteiger partial charge in [0, 0.05) is 28.1 Å². The number of rotatable bonds is 6. The van der Waals surface area contributed by atoms with E-state index in [0.29, 0.717) is 33.8 Å². The van der Waals surface area contributed by atoms with Crippen molar-refractivity contribution < 1.29 is 19.1 Å². The molecule has 0 atom stereocenters. The lowest BCUT2D eigenvalue weighted by Crippen LogP contribution is -2.12. The minimum Gasteiger partial charge on any atom is -0.481 e. The molecule has 0 unspecified atom stereocenters. The third-order valence-corrected chi connectivity index (χ3v) is 5.50. The third-order valence-electron chi connectivity index (χ3n) is 5.50. The Kier molecular flexibility index (Phi) is 5.73. The van der Waals surface area contributed by atoms with Crippen molar-refractivity contribution in [3.05, 3.63) is 94.6 Å². The lowest BCUT2D eigenvalue weighted by atomic mass is 10.1. The summed E-state index contributed by atoms with van der Waals surface area (Å²) in [6.07, 6.45) is -0.125. The van der Waals surface area contributed by atoms with Crippen molar-refractivity contribution in [1.82, 2.24) is 9.78 Å². The average molecular weight is 431 g/mol. The van der Waals surface area contributed by atoms with Gasteiger partial charge >= 0.3 is 5.97 Å². The van der Waals surface area contributed by atoms with Crippen LogP contribution in [-0.2, 0) is 17.8 Å². The van der Waals surface area contributed by atoms with Crippen LogP contribution in [0, 0.1) is 19.7 Å². The fourth-order valence-corrected chi connectivity index (χ4v) is 3.74. The Morgan fingerprint density at radius 1 is 1.03 bits per heavy atom. The summed E-state index contributed by atoms with van der Waals surface area (Å²) in [4.78, 5) is 23.7. The molecule has 0 bridgehead atoms. The van der Waals surface area contributed by atoms with Crippen molar-refractivity contribution in [3.8, 4) is 0 Å². The predicted molar refractivity (Wildman–Crippen MR) is 120 cm³/mol. The van der Waals surface area contributed by atoms with E-state index < -0.39 is 11.8 Å². The molecule has 162 valence electrons. The number of carboxylic acids is 1. The number of aryl methyl sites for hydroxylation is 1. The number of carbonyl (C=O) groups is 2. The van der Waals surface area contributed by atoms with Gasteiger partial charge in [0.1, 0.15) is 5.82 Å². The third kappa shape index (κ3) is 4.37. The number of carboxylic acid groups (broad SMARTS) is 1. The number of nitrogens with one attached hydrogen (secondary N) is 1. The molecule has 3 aromatic carbocycles. The van der Waals surface area contributed by atoms with E-state index in [1.807, 2.05) is 30.3 Å². The molecule has 32 heavy (non-hydrogen) atoms. The second-order valence-corrected chi connectivity index (χ2v) is 7.70. The van der Waals surface area contributed by atoms with E-state index in [2.05, 4.69) is 10.4 Å². The van der Waals surface area contributed by atoms with Crippen molar-refractivity contribution >= 4 is 28.3 Å². The molecule has 0 aliphatic heterocycles. The number of aliphatic carboxylic acids is 1. The first kappa shape index (κ1) is 21.2. The maximum absolute atomic E-state index is 14.8. The summed E-state index contributed by atoms with van der Waals surface area (Å²) in [5.41, 5.74) is 3.17. The predicted octanol–water partition coefficient (Wildman–Crippen LogP) is 4.72. The Bertz CT molecular complexity index is 1340. The lowest BCUT2D eigenvalue weighted by Gasteiger charge is -2.10. The van der Waals surface area contributed by atoms with Crippen LogP contribution in [-0.4, -0.2) is 26.8 Å². The molecule has 0 aliphatic rings. The zero-order chi connectivity index (χ0) is 22.8. The summed E-state index contributed by atoms with van der Waals surface area (Å²) in [5, 5.41) is 18.1. The summed E-state index contributed by atoms with van der Waals surface area (Å²) < 4.78 is 16.4. The van der Waals surface area contributed by atoms with Crippen LogP contribution in [0.15, 0.2) is 60.7 Å². The monoisotopic (exact) mass is 431 g/mol. The highest BCUT2D eigenvalue weighted by molar-refractivity contribution is 6.06. The number of aromatic nitrogens is 2. The molecule has 0 saturated heterocycles. The molecule has 6 nitrogen and oxygen atoms in total. The van der Waals surface area contributed by atoms with Gasteiger partial charge in [0.25, 0.3) is 5.91 Å². The second kappa shape index (κ2) is 8.63. The van der Waals surface area contributed by atoms with Crippen molar-refractivity contribution in [2.24, 2.45) is 0 Å². The molecule has 2 N–H and O–H groups in total. The standard InChI is InChI=1S/C25H22FN3O3/c1-15-22(13-24(30)31)16(2)29(28-15)14-20-9-10-21(12-23(20)26)27-25(32)19-8-7-17-5-3-4-6-18(17)11-19/h3-12H,13-14H2,1-2H3,(H,27,32)(H,30,31). The first-order valence-corrected chi connectivity index (χ1v) is 10.1. The highest BCUT2D eigenvalue weighted by atomic mass is 19.1. The van der Waals surface area contributed by atoms with Crippen molar-refractivity contribution in [1.29, 1.82) is 0 Å². The van der Waals surface area contributed by atoms with Gasteiger partial charge in [-0.05, 0) is 48.9 Å². The molecule has 1 amide bonds. The smallest absolute Gasteiger partial charge is 0.307 e. The van der Waals surface area contributed by atoms with Gasteiger partial charge in [-0.3, -0.25) is 14.3 Å². The number of halogens is 1. The van der Waals surface area contributed by atoms with Crippen LogP contribution < -0.4 is 5.32 Å². The minimum atomic E-state index is -0.937. The van der Waals surface area contributed by atoms with E-state index in [1.165, 1.54) is 6.07 Å². The number of anilines is 1. The maximum atomic E-state index is 14.8. The molecule has 0 spiro atoms. The van der Waals surface area contributed by atoms with Gasteiger partial charge in [-0.25, -0.2) is 4.39 Å². The van der Waals surface area contributed by atoms with E-state index in [0.717, 1.165) is 10.8 Å². The number of benzene rings is 3. The number of hydrogen-bond acceptors (Lipinski definition) is 3. The molecule has 0 aliphatic carbocycles. The van der Waals surface area contributed by atoms with Crippen LogP contribution >= 0.6 is 0 Å². The SMILES string of the molecule is Cc1nn(Cc2ccc(NC(=O)c3ccc4ccccc4c3)cc2F)c(C)c1CC(=O)O. The van der Waals surface area contributed by atoms with Crippen molar-refractivity contribution in [3.63, 3.8) is 0 Å². The zero-order valence-electron chi connectivity index (χ0n) is 17.7. The number of hydrogen-bond donors (Lipinski definition) is 2. The van der Waals surface area contributed by atoms with Gasteiger partial charge < -0.3 is 10.4 Å². The summed E-state index contributed by atoms with van der Waals surface area (Å²) in [7, 11) is 0. The Hall–Kier alpha value is -4.00. The Morgan fingerprint density at radius 2 is 1.78 bits per heavy atom. The number of fused-ring (bicyclic) bond motifs is 1. The number of carbonyl (C=O) groups excluding carboxylic acids is 1. The van der Waals surface area contributed by atoms with E-state index >= 15 is 0 Å². The van der Waals surface area contributed by atoms with Crippen LogP contribution in [0.2, 0.25) is 0 Å². The van der Waals surface area contributed by atoms with Gasteiger partial charge in [-0.1, -0.05) is 36.4 Å². The van der Waals surface area contributed by atoms with Crippen LogP contribution in [0.4, 0.5) is 10.1 Å². The van der Waals surface area contributed by atoms with E-state index in [-0.39, 0.29) is 18.9 Å². The Morgan fingerprint density at radius 3 is 2.50 bits per heavy atom. The maximum Gasteiger partial charge on any atom is 0.307 e. The summed E-state index contributed by atoms with van der Waals surface area (Å²) in [5.74, 6) is -1.73. The Balaban J connectivity index is 1.51. The highest BCUT2D eigenvalue weighted by Gasteiger charge is 2.16. The molecule has 1 heterocycles. The Labute approximate surface area is 184 Å². The van der Waals surface area contributed by atoms with E-state index in [9.17, 15) is 14.0 Å². The van der Waals surface area contributed by atoms with Gasteiger partial charge in [-0.15, -0.1) is 0 Å². The first-order valence-electron chi connectivity index (χ1n) is 10.1. The topological polar surface area (TPSA) is 84.2 Å². The molecule has 4 rings (SSSR count). The fourth-order valence-electron chi connectivity index (χ4n) is 3.74. The molecule has 0 radical (unpaired) electrons. The molecule has 7 heteroatoms. The van der Waals surface area contributed by atoms with Crippen LogP contribution in [0.25, 0.3) is 10.8 Å². The minimum absolute atomic E-state index is 0.125. The number of amides is 1. The van der Waals surface area contributed by atoms with Crippen LogP contribution in [0.1, 0.15) is 32.9 Å². The summed E-state index contributed by atoms with van der Waals surface area (Å²) in [6.45, 7) is 3.68. The number of nitrogens with zero attached hydrogens (tertiary/aromatic N) is 2. The first-order chi connectivity index (χ1) is 15.3. The van der Waals surface area contributed by atoms with E-state index in [4.69, 9.17) is 5.11 Å². The lowest BCUT2D eigenvalue weighted by molar-refractivity contribution is -0.136. The van der Waals surface area contributed by atoms with Gasteiger partial charge in [0.2, 0.25) is 0 Å².